The van der Waals surface area contributed by atoms with Crippen molar-refractivity contribution in [1.82, 2.24) is 0 Å². The summed E-state index contributed by atoms with van der Waals surface area (Å²) in [5.74, 6) is 0.463. The van der Waals surface area contributed by atoms with E-state index in [0.717, 1.165) is 18.5 Å². The van der Waals surface area contributed by atoms with E-state index in [2.05, 4.69) is 26.0 Å². The van der Waals surface area contributed by atoms with Gasteiger partial charge in [-0.05, 0) is 36.5 Å². The van der Waals surface area contributed by atoms with Crippen LogP contribution < -0.4 is 10.6 Å². The molecule has 4 heteroatoms. The average Bonchev–Trinajstić information content (AvgIpc) is 2.94. The fraction of sp³-hybridized carbons (Fsp3) is 0.562. The summed E-state index contributed by atoms with van der Waals surface area (Å²) in [7, 11) is 1.81. The molecule has 110 valence electrons. The molecule has 0 unspecified atom stereocenters. The number of likely N-dealkylation sites (N-methyl/N-ethyl adjacent to an activating group) is 1. The zero-order valence-corrected chi connectivity index (χ0v) is 12.5. The first kappa shape index (κ1) is 15.0. The molecule has 2 rings (SSSR count). The van der Waals surface area contributed by atoms with E-state index in [9.17, 15) is 4.79 Å². The third kappa shape index (κ3) is 3.19. The first-order valence-electron chi connectivity index (χ1n) is 7.26. The molecule has 2 N–H and O–H groups in total. The lowest BCUT2D eigenvalue weighted by Gasteiger charge is -2.22. The molecule has 0 spiro atoms. The number of anilines is 1. The number of nitrogens with zero attached hydrogens (tertiary/aromatic N) is 1. The van der Waals surface area contributed by atoms with Crippen molar-refractivity contribution in [3.05, 3.63) is 29.8 Å². The molecular weight excluding hydrogens is 252 g/mol. The predicted molar refractivity (Wildman–Crippen MR) is 80.9 cm³/mol. The molecule has 0 radical (unpaired) electrons. The standard InChI is InChI=1S/C16H24N2O2/c1-11(2)12-5-4-6-13(9-12)18(3)16(19)15-8-7-14(10-17)20-15/h4-6,9,11,14-15H,7-8,10,17H2,1-3H3/t14-,15+/m1/s1. The monoisotopic (exact) mass is 276 g/mol. The number of carbonyl (C=O) groups is 1. The summed E-state index contributed by atoms with van der Waals surface area (Å²) >= 11 is 0. The minimum Gasteiger partial charge on any atom is -0.364 e. The number of benzene rings is 1. The van der Waals surface area contributed by atoms with Gasteiger partial charge in [0.2, 0.25) is 0 Å². The first-order valence-corrected chi connectivity index (χ1v) is 7.26. The Hall–Kier alpha value is -1.39. The van der Waals surface area contributed by atoms with Crippen molar-refractivity contribution in [3.8, 4) is 0 Å². The van der Waals surface area contributed by atoms with Crippen LogP contribution in [-0.2, 0) is 9.53 Å². The van der Waals surface area contributed by atoms with Gasteiger partial charge < -0.3 is 15.4 Å². The highest BCUT2D eigenvalue weighted by molar-refractivity contribution is 5.96. The molecule has 1 aliphatic rings. The normalized spacial score (nSPS) is 22.2. The smallest absolute Gasteiger partial charge is 0.255 e. The summed E-state index contributed by atoms with van der Waals surface area (Å²) < 4.78 is 5.68. The van der Waals surface area contributed by atoms with Gasteiger partial charge in [0.05, 0.1) is 6.10 Å². The molecule has 1 aromatic rings. The molecule has 0 aliphatic carbocycles. The zero-order valence-electron chi connectivity index (χ0n) is 12.5. The van der Waals surface area contributed by atoms with E-state index in [0.29, 0.717) is 12.5 Å². The van der Waals surface area contributed by atoms with E-state index in [1.54, 1.807) is 11.9 Å². The van der Waals surface area contributed by atoms with Crippen molar-refractivity contribution in [2.24, 2.45) is 5.73 Å². The van der Waals surface area contributed by atoms with E-state index in [1.807, 2.05) is 12.1 Å². The van der Waals surface area contributed by atoms with Gasteiger partial charge in [0.1, 0.15) is 6.10 Å². The van der Waals surface area contributed by atoms with Crippen molar-refractivity contribution in [2.45, 2.75) is 44.8 Å². The third-order valence-corrected chi connectivity index (χ3v) is 3.90. The van der Waals surface area contributed by atoms with Crippen LogP contribution in [0.5, 0.6) is 0 Å². The molecule has 0 aromatic heterocycles. The number of hydrogen-bond donors (Lipinski definition) is 1. The predicted octanol–water partition coefficient (Wildman–Crippen LogP) is 2.28. The van der Waals surface area contributed by atoms with Crippen LogP contribution in [0.4, 0.5) is 5.69 Å². The minimum absolute atomic E-state index is 0.0156. The number of rotatable bonds is 4. The fourth-order valence-electron chi connectivity index (χ4n) is 2.50. The van der Waals surface area contributed by atoms with Gasteiger partial charge in [-0.1, -0.05) is 26.0 Å². The summed E-state index contributed by atoms with van der Waals surface area (Å²) in [6, 6.07) is 8.10. The molecular formula is C16H24N2O2. The lowest BCUT2D eigenvalue weighted by Crippen LogP contribution is -2.37. The van der Waals surface area contributed by atoms with Crippen molar-refractivity contribution >= 4 is 11.6 Å². The maximum Gasteiger partial charge on any atom is 0.255 e. The maximum atomic E-state index is 12.4. The van der Waals surface area contributed by atoms with Gasteiger partial charge in [0.25, 0.3) is 5.91 Å². The zero-order chi connectivity index (χ0) is 14.7. The van der Waals surface area contributed by atoms with Crippen LogP contribution in [0.2, 0.25) is 0 Å². The first-order chi connectivity index (χ1) is 9.52. The van der Waals surface area contributed by atoms with E-state index in [4.69, 9.17) is 10.5 Å². The van der Waals surface area contributed by atoms with E-state index < -0.39 is 0 Å². The second-order valence-electron chi connectivity index (χ2n) is 5.71. The largest absolute Gasteiger partial charge is 0.364 e. The molecule has 1 aromatic carbocycles. The Morgan fingerprint density at radius 3 is 2.80 bits per heavy atom. The second-order valence-corrected chi connectivity index (χ2v) is 5.71. The van der Waals surface area contributed by atoms with Crippen molar-refractivity contribution in [3.63, 3.8) is 0 Å². The van der Waals surface area contributed by atoms with Crippen molar-refractivity contribution < 1.29 is 9.53 Å². The Kier molecular flexibility index (Phi) is 4.78. The summed E-state index contributed by atoms with van der Waals surface area (Å²) in [5, 5.41) is 0. The Morgan fingerprint density at radius 2 is 2.20 bits per heavy atom. The van der Waals surface area contributed by atoms with Crippen molar-refractivity contribution in [1.29, 1.82) is 0 Å². The minimum atomic E-state index is -0.351. The summed E-state index contributed by atoms with van der Waals surface area (Å²) in [6.07, 6.45) is 1.30. The Labute approximate surface area is 120 Å². The van der Waals surface area contributed by atoms with Gasteiger partial charge in [-0.3, -0.25) is 4.79 Å². The Bertz CT molecular complexity index is 473. The van der Waals surface area contributed by atoms with Gasteiger partial charge in [-0.25, -0.2) is 0 Å². The van der Waals surface area contributed by atoms with E-state index in [-0.39, 0.29) is 18.1 Å². The molecule has 20 heavy (non-hydrogen) atoms. The number of nitrogens with two attached hydrogens (primary N) is 1. The SMILES string of the molecule is CC(C)c1cccc(N(C)C(=O)[C@@H]2CC[C@H](CN)O2)c1. The van der Waals surface area contributed by atoms with Gasteiger partial charge in [0, 0.05) is 19.3 Å². The van der Waals surface area contributed by atoms with Crippen LogP contribution in [0, 0.1) is 0 Å². The number of carbonyl (C=O) groups excluding carboxylic acids is 1. The Morgan fingerprint density at radius 1 is 1.45 bits per heavy atom. The van der Waals surface area contributed by atoms with Crippen molar-refractivity contribution in [2.75, 3.05) is 18.5 Å². The number of ether oxygens (including phenoxy) is 1. The summed E-state index contributed by atoms with van der Waals surface area (Å²) in [4.78, 5) is 14.1. The number of amides is 1. The van der Waals surface area contributed by atoms with Crippen LogP contribution in [0.3, 0.4) is 0 Å². The molecule has 2 atom stereocenters. The molecule has 0 bridgehead atoms. The summed E-state index contributed by atoms with van der Waals surface area (Å²) in [6.45, 7) is 4.77. The van der Waals surface area contributed by atoms with Crippen LogP contribution in [0.25, 0.3) is 0 Å². The Balaban J connectivity index is 2.09. The lowest BCUT2D eigenvalue weighted by molar-refractivity contribution is -0.128. The highest BCUT2D eigenvalue weighted by Crippen LogP contribution is 2.25. The quantitative estimate of drug-likeness (QED) is 0.918. The van der Waals surface area contributed by atoms with Crippen LogP contribution in [0.1, 0.15) is 38.2 Å². The number of hydrogen-bond acceptors (Lipinski definition) is 3. The highest BCUT2D eigenvalue weighted by Gasteiger charge is 2.32. The van der Waals surface area contributed by atoms with E-state index in [1.165, 1.54) is 5.56 Å². The van der Waals surface area contributed by atoms with E-state index >= 15 is 0 Å². The fourth-order valence-corrected chi connectivity index (χ4v) is 2.50. The highest BCUT2D eigenvalue weighted by atomic mass is 16.5. The second kappa shape index (κ2) is 6.37. The molecule has 1 saturated heterocycles. The molecule has 0 saturated carbocycles. The van der Waals surface area contributed by atoms with Crippen LogP contribution in [-0.4, -0.2) is 31.7 Å². The molecule has 1 amide bonds. The maximum absolute atomic E-state index is 12.4. The van der Waals surface area contributed by atoms with Gasteiger partial charge in [-0.15, -0.1) is 0 Å². The van der Waals surface area contributed by atoms with Crippen LogP contribution in [0.15, 0.2) is 24.3 Å². The third-order valence-electron chi connectivity index (χ3n) is 3.90. The molecule has 4 nitrogen and oxygen atoms in total. The van der Waals surface area contributed by atoms with Gasteiger partial charge in [0.15, 0.2) is 0 Å². The lowest BCUT2D eigenvalue weighted by atomic mass is 10.0. The molecule has 1 fully saturated rings. The summed E-state index contributed by atoms with van der Waals surface area (Å²) in [5.41, 5.74) is 7.74. The topological polar surface area (TPSA) is 55.6 Å². The molecule has 1 aliphatic heterocycles. The van der Waals surface area contributed by atoms with Crippen LogP contribution >= 0.6 is 0 Å². The average molecular weight is 276 g/mol. The van der Waals surface area contributed by atoms with Gasteiger partial charge >= 0.3 is 0 Å². The van der Waals surface area contributed by atoms with Gasteiger partial charge in [-0.2, -0.15) is 0 Å². The molecule has 1 heterocycles.